The third-order valence-corrected chi connectivity index (χ3v) is 2.38. The molecule has 0 saturated carbocycles. The molecule has 0 aliphatic carbocycles. The Morgan fingerprint density at radius 3 is 2.07 bits per heavy atom. The molecule has 2 nitrogen and oxygen atoms in total. The molecule has 0 fully saturated rings. The van der Waals surface area contributed by atoms with Gasteiger partial charge in [0.15, 0.2) is 0 Å². The van der Waals surface area contributed by atoms with Crippen molar-refractivity contribution in [1.29, 1.82) is 0 Å². The maximum absolute atomic E-state index is 5.07. The van der Waals surface area contributed by atoms with Crippen molar-refractivity contribution in [3.05, 3.63) is 29.8 Å². The van der Waals surface area contributed by atoms with E-state index in [-0.39, 0.29) is 0 Å². The largest absolute Gasteiger partial charge is 0.380 e. The van der Waals surface area contributed by atoms with Crippen LogP contribution in [-0.4, -0.2) is 20.2 Å². The van der Waals surface area contributed by atoms with E-state index in [2.05, 4.69) is 43.0 Å². The van der Waals surface area contributed by atoms with Crippen molar-refractivity contribution in [3.8, 4) is 0 Å². The number of nitrogens with zero attached hydrogens (tertiary/aromatic N) is 1. The number of ether oxygens (including phenoxy) is 1. The minimum atomic E-state index is 0.693. The fraction of sp³-hybridized carbons (Fsp3) is 0.500. The molecule has 1 rings (SSSR count). The molecule has 1 aromatic rings. The maximum atomic E-state index is 5.07. The van der Waals surface area contributed by atoms with E-state index < -0.39 is 0 Å². The molecule has 0 spiro atoms. The van der Waals surface area contributed by atoms with Crippen molar-refractivity contribution >= 4 is 5.69 Å². The first-order valence-corrected chi connectivity index (χ1v) is 5.14. The lowest BCUT2D eigenvalue weighted by molar-refractivity contribution is 0.185. The van der Waals surface area contributed by atoms with Crippen molar-refractivity contribution in [2.75, 3.05) is 25.1 Å². The summed E-state index contributed by atoms with van der Waals surface area (Å²) in [4.78, 5) is 2.33. The summed E-state index contributed by atoms with van der Waals surface area (Å²) in [7, 11) is 1.72. The highest BCUT2D eigenvalue weighted by Gasteiger charge is 2.00. The van der Waals surface area contributed by atoms with Gasteiger partial charge in [-0.2, -0.15) is 0 Å². The third-order valence-electron chi connectivity index (χ3n) is 2.38. The van der Waals surface area contributed by atoms with Gasteiger partial charge in [-0.15, -0.1) is 0 Å². The Hall–Kier alpha value is -1.02. The Bertz CT molecular complexity index is 252. The molecule has 78 valence electrons. The van der Waals surface area contributed by atoms with E-state index in [0.717, 1.165) is 13.1 Å². The summed E-state index contributed by atoms with van der Waals surface area (Å²) in [6, 6.07) is 8.55. The highest BCUT2D eigenvalue weighted by molar-refractivity contribution is 5.47. The fourth-order valence-electron chi connectivity index (χ4n) is 1.56. The Kier molecular flexibility index (Phi) is 4.47. The molecule has 0 aliphatic rings. The van der Waals surface area contributed by atoms with Crippen molar-refractivity contribution in [2.24, 2.45) is 0 Å². The Morgan fingerprint density at radius 1 is 1.07 bits per heavy atom. The highest BCUT2D eigenvalue weighted by Crippen LogP contribution is 2.15. The van der Waals surface area contributed by atoms with Gasteiger partial charge in [0, 0.05) is 25.9 Å². The van der Waals surface area contributed by atoms with Crippen LogP contribution >= 0.6 is 0 Å². The van der Waals surface area contributed by atoms with Crippen LogP contribution in [-0.2, 0) is 11.3 Å². The molecule has 0 aromatic heterocycles. The summed E-state index contributed by atoms with van der Waals surface area (Å²) < 4.78 is 5.07. The van der Waals surface area contributed by atoms with E-state index in [4.69, 9.17) is 4.74 Å². The van der Waals surface area contributed by atoms with Crippen LogP contribution in [0.4, 0.5) is 5.69 Å². The summed E-state index contributed by atoms with van der Waals surface area (Å²) in [5.41, 5.74) is 2.51. The molecule has 0 saturated heterocycles. The topological polar surface area (TPSA) is 12.5 Å². The smallest absolute Gasteiger partial charge is 0.0713 e. The minimum Gasteiger partial charge on any atom is -0.380 e. The van der Waals surface area contributed by atoms with Gasteiger partial charge in [-0.25, -0.2) is 0 Å². The molecular weight excluding hydrogens is 174 g/mol. The Labute approximate surface area is 86.5 Å². The molecule has 0 amide bonds. The van der Waals surface area contributed by atoms with E-state index in [1.807, 2.05) is 0 Å². The summed E-state index contributed by atoms with van der Waals surface area (Å²) in [5, 5.41) is 0. The van der Waals surface area contributed by atoms with Gasteiger partial charge in [0.05, 0.1) is 6.61 Å². The second-order valence-corrected chi connectivity index (χ2v) is 3.27. The molecular formula is C12H19NO. The van der Waals surface area contributed by atoms with Gasteiger partial charge in [0.2, 0.25) is 0 Å². The summed E-state index contributed by atoms with van der Waals surface area (Å²) in [5.74, 6) is 0. The molecule has 0 heterocycles. The zero-order chi connectivity index (χ0) is 10.4. The van der Waals surface area contributed by atoms with Crippen LogP contribution in [0.5, 0.6) is 0 Å². The first kappa shape index (κ1) is 11.1. The van der Waals surface area contributed by atoms with Crippen LogP contribution in [0, 0.1) is 0 Å². The lowest BCUT2D eigenvalue weighted by atomic mass is 10.2. The van der Waals surface area contributed by atoms with Crippen molar-refractivity contribution < 1.29 is 4.74 Å². The lowest BCUT2D eigenvalue weighted by Gasteiger charge is -2.21. The Morgan fingerprint density at radius 2 is 1.64 bits per heavy atom. The fourth-order valence-corrected chi connectivity index (χ4v) is 1.56. The average molecular weight is 193 g/mol. The predicted octanol–water partition coefficient (Wildman–Crippen LogP) is 2.68. The SMILES string of the molecule is CCN(CC)c1ccc(COC)cc1. The number of methoxy groups -OCH3 is 1. The summed E-state index contributed by atoms with van der Waals surface area (Å²) in [6.07, 6.45) is 0. The number of hydrogen-bond acceptors (Lipinski definition) is 2. The van der Waals surface area contributed by atoms with Gasteiger partial charge in [-0.3, -0.25) is 0 Å². The van der Waals surface area contributed by atoms with Gasteiger partial charge in [-0.1, -0.05) is 12.1 Å². The Balaban J connectivity index is 2.71. The van der Waals surface area contributed by atoms with Gasteiger partial charge in [0.1, 0.15) is 0 Å². The zero-order valence-corrected chi connectivity index (χ0v) is 9.29. The van der Waals surface area contributed by atoms with Crippen molar-refractivity contribution in [1.82, 2.24) is 0 Å². The summed E-state index contributed by atoms with van der Waals surface area (Å²) >= 11 is 0. The van der Waals surface area contributed by atoms with Crippen LogP contribution in [0.3, 0.4) is 0 Å². The highest BCUT2D eigenvalue weighted by atomic mass is 16.5. The number of anilines is 1. The first-order chi connectivity index (χ1) is 6.81. The average Bonchev–Trinajstić information content (AvgIpc) is 2.23. The van der Waals surface area contributed by atoms with Crippen LogP contribution in [0.1, 0.15) is 19.4 Å². The predicted molar refractivity (Wildman–Crippen MR) is 60.7 cm³/mol. The van der Waals surface area contributed by atoms with Crippen LogP contribution < -0.4 is 4.90 Å². The van der Waals surface area contributed by atoms with Crippen molar-refractivity contribution in [3.63, 3.8) is 0 Å². The second-order valence-electron chi connectivity index (χ2n) is 3.27. The van der Waals surface area contributed by atoms with Gasteiger partial charge in [0.25, 0.3) is 0 Å². The van der Waals surface area contributed by atoms with Gasteiger partial charge >= 0.3 is 0 Å². The molecule has 0 bridgehead atoms. The third kappa shape index (κ3) is 2.74. The zero-order valence-electron chi connectivity index (χ0n) is 9.29. The maximum Gasteiger partial charge on any atom is 0.0713 e. The number of rotatable bonds is 5. The quantitative estimate of drug-likeness (QED) is 0.713. The molecule has 0 radical (unpaired) electrons. The van der Waals surface area contributed by atoms with Crippen LogP contribution in [0.2, 0.25) is 0 Å². The van der Waals surface area contributed by atoms with E-state index in [1.54, 1.807) is 7.11 Å². The molecule has 0 atom stereocenters. The van der Waals surface area contributed by atoms with Crippen LogP contribution in [0.15, 0.2) is 24.3 Å². The van der Waals surface area contributed by atoms with E-state index in [1.165, 1.54) is 11.3 Å². The monoisotopic (exact) mass is 193 g/mol. The van der Waals surface area contributed by atoms with E-state index in [0.29, 0.717) is 6.61 Å². The van der Waals surface area contributed by atoms with Gasteiger partial charge in [-0.05, 0) is 31.5 Å². The molecule has 0 unspecified atom stereocenters. The first-order valence-electron chi connectivity index (χ1n) is 5.14. The van der Waals surface area contributed by atoms with Gasteiger partial charge < -0.3 is 9.64 Å². The lowest BCUT2D eigenvalue weighted by Crippen LogP contribution is -2.21. The van der Waals surface area contributed by atoms with Crippen LogP contribution in [0.25, 0.3) is 0 Å². The standard InChI is InChI=1S/C12H19NO/c1-4-13(5-2)12-8-6-11(7-9-12)10-14-3/h6-9H,4-5,10H2,1-3H3. The minimum absolute atomic E-state index is 0.693. The molecule has 14 heavy (non-hydrogen) atoms. The van der Waals surface area contributed by atoms with Crippen molar-refractivity contribution in [2.45, 2.75) is 20.5 Å². The molecule has 2 heteroatoms. The van der Waals surface area contributed by atoms with E-state index in [9.17, 15) is 0 Å². The molecule has 1 aromatic carbocycles. The second kappa shape index (κ2) is 5.66. The number of hydrogen-bond donors (Lipinski definition) is 0. The van der Waals surface area contributed by atoms with E-state index >= 15 is 0 Å². The molecule has 0 N–H and O–H groups in total. The molecule has 0 aliphatic heterocycles. The summed E-state index contributed by atoms with van der Waals surface area (Å²) in [6.45, 7) is 7.15. The normalized spacial score (nSPS) is 10.2. The number of benzene rings is 1.